The van der Waals surface area contributed by atoms with E-state index in [1.807, 2.05) is 29.2 Å². The van der Waals surface area contributed by atoms with Crippen LogP contribution < -0.4 is 9.64 Å². The largest absolute Gasteiger partial charge is 0.493 e. The number of rotatable bonds is 2. The molecule has 3 heterocycles. The van der Waals surface area contributed by atoms with Crippen molar-refractivity contribution in [3.8, 4) is 11.8 Å². The van der Waals surface area contributed by atoms with Gasteiger partial charge in [-0.25, -0.2) is 4.98 Å². The standard InChI is InChI=1S/C21H22N4O2/c22-14-16-5-6-20(23-15-16)24-8-10-25(11-9-24)21(26)18-7-12-27-19-4-2-1-3-17(19)13-18/h1-6,15,18H,7-13H2. The van der Waals surface area contributed by atoms with Gasteiger partial charge in [-0.3, -0.25) is 4.79 Å². The highest BCUT2D eigenvalue weighted by Crippen LogP contribution is 2.28. The summed E-state index contributed by atoms with van der Waals surface area (Å²) < 4.78 is 5.80. The smallest absolute Gasteiger partial charge is 0.226 e. The van der Waals surface area contributed by atoms with Gasteiger partial charge in [0.25, 0.3) is 0 Å². The number of fused-ring (bicyclic) bond motifs is 1. The van der Waals surface area contributed by atoms with Crippen LogP contribution >= 0.6 is 0 Å². The third kappa shape index (κ3) is 3.72. The Kier molecular flexibility index (Phi) is 4.93. The number of aromatic nitrogens is 1. The minimum atomic E-state index is -0.0202. The molecule has 2 aliphatic heterocycles. The van der Waals surface area contributed by atoms with Crippen LogP contribution in [-0.4, -0.2) is 48.6 Å². The number of carbonyl (C=O) groups excluding carboxylic acids is 1. The zero-order valence-corrected chi connectivity index (χ0v) is 15.2. The number of hydrogen-bond acceptors (Lipinski definition) is 5. The summed E-state index contributed by atoms with van der Waals surface area (Å²) >= 11 is 0. The van der Waals surface area contributed by atoms with E-state index in [1.165, 1.54) is 0 Å². The van der Waals surface area contributed by atoms with Crippen LogP contribution in [0.5, 0.6) is 5.75 Å². The lowest BCUT2D eigenvalue weighted by molar-refractivity contribution is -0.136. The molecule has 1 aromatic carbocycles. The Labute approximate surface area is 159 Å². The number of hydrogen-bond donors (Lipinski definition) is 0. The first-order chi connectivity index (χ1) is 13.2. The number of ether oxygens (including phenoxy) is 1. The summed E-state index contributed by atoms with van der Waals surface area (Å²) in [6.07, 6.45) is 3.09. The molecule has 1 saturated heterocycles. The summed E-state index contributed by atoms with van der Waals surface area (Å²) in [4.78, 5) is 21.5. The molecule has 138 valence electrons. The van der Waals surface area contributed by atoms with Crippen molar-refractivity contribution >= 4 is 11.7 Å². The number of nitrogens with zero attached hydrogens (tertiary/aromatic N) is 4. The molecule has 1 fully saturated rings. The maximum atomic E-state index is 13.0. The first-order valence-corrected chi connectivity index (χ1v) is 9.35. The number of pyridine rings is 1. The van der Waals surface area contributed by atoms with Gasteiger partial charge >= 0.3 is 0 Å². The van der Waals surface area contributed by atoms with Crippen LogP contribution in [0.1, 0.15) is 17.5 Å². The van der Waals surface area contributed by atoms with Crippen LogP contribution in [0.4, 0.5) is 5.82 Å². The van der Waals surface area contributed by atoms with Crippen molar-refractivity contribution in [3.63, 3.8) is 0 Å². The van der Waals surface area contributed by atoms with E-state index < -0.39 is 0 Å². The molecule has 6 heteroatoms. The van der Waals surface area contributed by atoms with Crippen LogP contribution in [0.25, 0.3) is 0 Å². The summed E-state index contributed by atoms with van der Waals surface area (Å²) in [6, 6.07) is 13.7. The predicted octanol–water partition coefficient (Wildman–Crippen LogP) is 2.24. The average molecular weight is 362 g/mol. The van der Waals surface area contributed by atoms with Crippen LogP contribution in [0.2, 0.25) is 0 Å². The van der Waals surface area contributed by atoms with Gasteiger partial charge in [0.2, 0.25) is 5.91 Å². The monoisotopic (exact) mass is 362 g/mol. The molecule has 0 N–H and O–H groups in total. The molecule has 1 aromatic heterocycles. The van der Waals surface area contributed by atoms with Gasteiger partial charge in [-0.05, 0) is 36.6 Å². The zero-order valence-electron chi connectivity index (χ0n) is 15.2. The summed E-state index contributed by atoms with van der Waals surface area (Å²) in [6.45, 7) is 3.48. The number of anilines is 1. The molecular weight excluding hydrogens is 340 g/mol. The minimum absolute atomic E-state index is 0.0202. The lowest BCUT2D eigenvalue weighted by Crippen LogP contribution is -2.51. The minimum Gasteiger partial charge on any atom is -0.493 e. The van der Waals surface area contributed by atoms with E-state index in [-0.39, 0.29) is 11.8 Å². The van der Waals surface area contributed by atoms with Crippen molar-refractivity contribution in [3.05, 3.63) is 53.7 Å². The maximum Gasteiger partial charge on any atom is 0.226 e. The van der Waals surface area contributed by atoms with Gasteiger partial charge < -0.3 is 14.5 Å². The van der Waals surface area contributed by atoms with E-state index in [1.54, 1.807) is 12.3 Å². The van der Waals surface area contributed by atoms with Crippen molar-refractivity contribution in [2.75, 3.05) is 37.7 Å². The van der Waals surface area contributed by atoms with Crippen LogP contribution in [-0.2, 0) is 11.2 Å². The van der Waals surface area contributed by atoms with Crippen molar-refractivity contribution < 1.29 is 9.53 Å². The average Bonchev–Trinajstić information content (AvgIpc) is 2.96. The fourth-order valence-corrected chi connectivity index (χ4v) is 3.76. The molecule has 0 spiro atoms. The van der Waals surface area contributed by atoms with Gasteiger partial charge in [-0.15, -0.1) is 0 Å². The molecule has 6 nitrogen and oxygen atoms in total. The van der Waals surface area contributed by atoms with E-state index in [0.29, 0.717) is 25.3 Å². The van der Waals surface area contributed by atoms with E-state index in [4.69, 9.17) is 10.00 Å². The Balaban J connectivity index is 1.37. The fourth-order valence-electron chi connectivity index (χ4n) is 3.76. The number of para-hydroxylation sites is 1. The summed E-state index contributed by atoms with van der Waals surface area (Å²) in [7, 11) is 0. The van der Waals surface area contributed by atoms with Crippen molar-refractivity contribution in [2.45, 2.75) is 12.8 Å². The molecular formula is C21H22N4O2. The Hall–Kier alpha value is -3.07. The second kappa shape index (κ2) is 7.67. The van der Waals surface area contributed by atoms with Crippen molar-refractivity contribution in [1.29, 1.82) is 5.26 Å². The van der Waals surface area contributed by atoms with Gasteiger partial charge in [-0.1, -0.05) is 18.2 Å². The second-order valence-corrected chi connectivity index (χ2v) is 6.98. The van der Waals surface area contributed by atoms with E-state index in [9.17, 15) is 4.79 Å². The molecule has 1 atom stereocenters. The highest BCUT2D eigenvalue weighted by Gasteiger charge is 2.30. The Morgan fingerprint density at radius 3 is 2.70 bits per heavy atom. The molecule has 27 heavy (non-hydrogen) atoms. The van der Waals surface area contributed by atoms with Gasteiger partial charge in [0.05, 0.1) is 12.2 Å². The molecule has 0 aliphatic carbocycles. The molecule has 1 amide bonds. The number of carbonyl (C=O) groups is 1. The number of nitriles is 1. The lowest BCUT2D eigenvalue weighted by atomic mass is 9.95. The van der Waals surface area contributed by atoms with Gasteiger partial charge in [0.15, 0.2) is 0 Å². The zero-order chi connectivity index (χ0) is 18.6. The van der Waals surface area contributed by atoms with E-state index in [2.05, 4.69) is 22.0 Å². The van der Waals surface area contributed by atoms with Crippen LogP contribution in [0.3, 0.4) is 0 Å². The normalized spacial score (nSPS) is 19.4. The predicted molar refractivity (Wildman–Crippen MR) is 101 cm³/mol. The Bertz CT molecular complexity index is 851. The van der Waals surface area contributed by atoms with Crippen LogP contribution in [0.15, 0.2) is 42.6 Å². The highest BCUT2D eigenvalue weighted by molar-refractivity contribution is 5.79. The molecule has 2 aromatic rings. The van der Waals surface area contributed by atoms with Crippen LogP contribution in [0, 0.1) is 17.2 Å². The number of amides is 1. The SMILES string of the molecule is N#Cc1ccc(N2CCN(C(=O)C3CCOc4ccccc4C3)CC2)nc1. The Morgan fingerprint density at radius 1 is 1.15 bits per heavy atom. The Morgan fingerprint density at radius 2 is 1.96 bits per heavy atom. The highest BCUT2D eigenvalue weighted by atomic mass is 16.5. The van der Waals surface area contributed by atoms with Gasteiger partial charge in [-0.2, -0.15) is 5.26 Å². The third-order valence-electron chi connectivity index (χ3n) is 5.30. The first-order valence-electron chi connectivity index (χ1n) is 9.35. The number of benzene rings is 1. The fraction of sp³-hybridized carbons (Fsp3) is 0.381. The maximum absolute atomic E-state index is 13.0. The first kappa shape index (κ1) is 17.3. The molecule has 1 unspecified atom stereocenters. The molecule has 0 radical (unpaired) electrons. The molecule has 4 rings (SSSR count). The third-order valence-corrected chi connectivity index (χ3v) is 5.30. The van der Waals surface area contributed by atoms with Crippen molar-refractivity contribution in [2.24, 2.45) is 5.92 Å². The second-order valence-electron chi connectivity index (χ2n) is 6.98. The summed E-state index contributed by atoms with van der Waals surface area (Å²) in [5.41, 5.74) is 1.68. The summed E-state index contributed by atoms with van der Waals surface area (Å²) in [5.74, 6) is 1.97. The van der Waals surface area contributed by atoms with Gasteiger partial charge in [0.1, 0.15) is 17.6 Å². The lowest BCUT2D eigenvalue weighted by Gasteiger charge is -2.37. The van der Waals surface area contributed by atoms with Crippen molar-refractivity contribution in [1.82, 2.24) is 9.88 Å². The van der Waals surface area contributed by atoms with Gasteiger partial charge in [0, 0.05) is 38.3 Å². The van der Waals surface area contributed by atoms with E-state index in [0.717, 1.165) is 43.1 Å². The quantitative estimate of drug-likeness (QED) is 0.819. The van der Waals surface area contributed by atoms with E-state index >= 15 is 0 Å². The number of piperazine rings is 1. The molecule has 0 bridgehead atoms. The topological polar surface area (TPSA) is 69.5 Å². The molecule has 2 aliphatic rings. The summed E-state index contributed by atoms with van der Waals surface area (Å²) in [5, 5.41) is 8.88. The molecule has 0 saturated carbocycles.